The van der Waals surface area contributed by atoms with Crippen LogP contribution >= 0.6 is 0 Å². The van der Waals surface area contributed by atoms with Crippen molar-refractivity contribution in [1.29, 1.82) is 0 Å². The van der Waals surface area contributed by atoms with E-state index in [-0.39, 0.29) is 11.9 Å². The molecule has 1 aromatic heterocycles. The summed E-state index contributed by atoms with van der Waals surface area (Å²) in [6, 6.07) is 19.8. The first-order valence-corrected chi connectivity index (χ1v) is 12.0. The molecule has 0 saturated carbocycles. The van der Waals surface area contributed by atoms with E-state index in [4.69, 9.17) is 11.2 Å². The Kier molecular flexibility index (Phi) is 5.16. The van der Waals surface area contributed by atoms with Crippen molar-refractivity contribution in [2.45, 2.75) is 37.8 Å². The number of rotatable bonds is 4. The van der Waals surface area contributed by atoms with E-state index >= 15 is 0 Å². The Balaban J connectivity index is 1.59. The molecule has 4 aromatic rings. The van der Waals surface area contributed by atoms with Gasteiger partial charge in [0.25, 0.3) is 0 Å². The second-order valence-corrected chi connectivity index (χ2v) is 9.46. The fourth-order valence-electron chi connectivity index (χ4n) is 5.78. The Labute approximate surface area is 199 Å². The highest BCUT2D eigenvalue weighted by Crippen LogP contribution is 2.47. The molecule has 1 fully saturated rings. The van der Waals surface area contributed by atoms with Crippen LogP contribution < -0.4 is 4.74 Å². The number of para-hydroxylation sites is 1. The molecule has 0 amide bonds. The maximum absolute atomic E-state index is 14.4. The molecule has 0 bridgehead atoms. The summed E-state index contributed by atoms with van der Waals surface area (Å²) in [6.07, 6.45) is 11.8. The maximum atomic E-state index is 14.4. The van der Waals surface area contributed by atoms with Crippen molar-refractivity contribution >= 4 is 10.9 Å². The topological polar surface area (TPSA) is 17.4 Å². The Morgan fingerprint density at radius 1 is 1.06 bits per heavy atom. The minimum Gasteiger partial charge on any atom is -0.457 e. The number of terminal acetylenes is 1. The highest BCUT2D eigenvalue weighted by molar-refractivity contribution is 5.85. The molecule has 170 valence electrons. The molecule has 0 radical (unpaired) electrons. The number of hydrogen-bond acceptors (Lipinski definition) is 2. The highest BCUT2D eigenvalue weighted by atomic mass is 19.1. The lowest BCUT2D eigenvalue weighted by atomic mass is 9.89. The number of ether oxygens (including phenoxy) is 1. The SMILES string of the molecule is C#CCc1cccc2c1[C@H](n1cc(C[C@@H]3CCCN3C)c3cc(F)ccc31)c1ccccc1O2. The van der Waals surface area contributed by atoms with Gasteiger partial charge < -0.3 is 14.2 Å². The number of hydrogen-bond donors (Lipinski definition) is 0. The Bertz CT molecular complexity index is 1430. The quantitative estimate of drug-likeness (QED) is 0.298. The molecule has 3 aromatic carbocycles. The molecule has 4 heteroatoms. The van der Waals surface area contributed by atoms with Gasteiger partial charge in [0.15, 0.2) is 0 Å². The van der Waals surface area contributed by atoms with Crippen LogP contribution in [0.5, 0.6) is 11.5 Å². The zero-order valence-electron chi connectivity index (χ0n) is 19.3. The van der Waals surface area contributed by atoms with E-state index in [9.17, 15) is 4.39 Å². The van der Waals surface area contributed by atoms with E-state index < -0.39 is 0 Å². The smallest absolute Gasteiger partial charge is 0.133 e. The molecule has 1 saturated heterocycles. The standard InChI is InChI=1S/C30H27FN2O/c1-3-8-20-9-6-13-28-29(20)30(24-11-4-5-12-27(24)34-28)33-19-21(17-23-10-7-16-32(23)2)25-18-22(31)14-15-26(25)33/h1,4-6,9,11-15,18-19,23,30H,7-8,10,16-17H2,2H3/t23-,30+/m0/s1. The van der Waals surface area contributed by atoms with E-state index in [2.05, 4.69) is 40.8 Å². The predicted molar refractivity (Wildman–Crippen MR) is 134 cm³/mol. The number of likely N-dealkylation sites (tertiary alicyclic amines) is 1. The second-order valence-electron chi connectivity index (χ2n) is 9.46. The normalized spacial score (nSPS) is 19.4. The van der Waals surface area contributed by atoms with E-state index in [0.29, 0.717) is 12.5 Å². The first-order valence-electron chi connectivity index (χ1n) is 12.0. The summed E-state index contributed by atoms with van der Waals surface area (Å²) in [5.74, 6) is 4.29. The van der Waals surface area contributed by atoms with Crippen LogP contribution in [0.2, 0.25) is 0 Å². The third kappa shape index (κ3) is 3.40. The summed E-state index contributed by atoms with van der Waals surface area (Å²) in [7, 11) is 2.19. The summed E-state index contributed by atoms with van der Waals surface area (Å²) in [6.45, 7) is 1.12. The van der Waals surface area contributed by atoms with Crippen molar-refractivity contribution in [3.05, 3.63) is 94.9 Å². The number of likely N-dealkylation sites (N-methyl/N-ethyl adjacent to an activating group) is 1. The van der Waals surface area contributed by atoms with Crippen LogP contribution in [-0.4, -0.2) is 29.1 Å². The molecule has 2 aliphatic rings. The lowest BCUT2D eigenvalue weighted by Gasteiger charge is -2.31. The Morgan fingerprint density at radius 3 is 2.74 bits per heavy atom. The molecule has 0 spiro atoms. The van der Waals surface area contributed by atoms with Crippen LogP contribution in [0.15, 0.2) is 66.9 Å². The average Bonchev–Trinajstić information content (AvgIpc) is 3.41. The van der Waals surface area contributed by atoms with Gasteiger partial charge in [-0.15, -0.1) is 12.3 Å². The van der Waals surface area contributed by atoms with Crippen molar-refractivity contribution in [3.8, 4) is 23.8 Å². The largest absolute Gasteiger partial charge is 0.457 e. The van der Waals surface area contributed by atoms with Crippen LogP contribution in [0.1, 0.15) is 41.1 Å². The van der Waals surface area contributed by atoms with Crippen LogP contribution in [0.4, 0.5) is 4.39 Å². The lowest BCUT2D eigenvalue weighted by molar-refractivity contribution is 0.309. The van der Waals surface area contributed by atoms with Gasteiger partial charge in [-0.1, -0.05) is 30.3 Å². The first kappa shape index (κ1) is 21.0. The van der Waals surface area contributed by atoms with Gasteiger partial charge in [-0.05, 0) is 74.3 Å². The fraction of sp³-hybridized carbons (Fsp3) is 0.267. The zero-order valence-corrected chi connectivity index (χ0v) is 19.3. The van der Waals surface area contributed by atoms with Gasteiger partial charge in [-0.3, -0.25) is 0 Å². The molecule has 3 nitrogen and oxygen atoms in total. The molecule has 34 heavy (non-hydrogen) atoms. The molecule has 3 heterocycles. The van der Waals surface area contributed by atoms with E-state index in [1.54, 1.807) is 12.1 Å². The zero-order chi connectivity index (χ0) is 23.2. The number of aromatic nitrogens is 1. The van der Waals surface area contributed by atoms with Crippen LogP contribution in [0.3, 0.4) is 0 Å². The first-order chi connectivity index (χ1) is 16.6. The molecular weight excluding hydrogens is 423 g/mol. The van der Waals surface area contributed by atoms with Crippen molar-refractivity contribution in [2.75, 3.05) is 13.6 Å². The van der Waals surface area contributed by atoms with Gasteiger partial charge in [0.1, 0.15) is 17.3 Å². The molecule has 6 rings (SSSR count). The maximum Gasteiger partial charge on any atom is 0.133 e. The Morgan fingerprint density at radius 2 is 1.91 bits per heavy atom. The van der Waals surface area contributed by atoms with Crippen LogP contribution in [0.25, 0.3) is 10.9 Å². The monoisotopic (exact) mass is 450 g/mol. The molecule has 0 aliphatic carbocycles. The number of halogens is 1. The summed E-state index contributed by atoms with van der Waals surface area (Å²) in [5, 5.41) is 0.986. The third-order valence-electron chi connectivity index (χ3n) is 7.44. The molecule has 2 atom stereocenters. The Hall–Kier alpha value is -3.55. The molecule has 0 unspecified atom stereocenters. The van der Waals surface area contributed by atoms with Crippen molar-refractivity contribution in [1.82, 2.24) is 9.47 Å². The number of fused-ring (bicyclic) bond motifs is 3. The van der Waals surface area contributed by atoms with Gasteiger partial charge in [-0.2, -0.15) is 0 Å². The van der Waals surface area contributed by atoms with Gasteiger partial charge >= 0.3 is 0 Å². The average molecular weight is 451 g/mol. The van der Waals surface area contributed by atoms with Gasteiger partial charge in [0.2, 0.25) is 0 Å². The third-order valence-corrected chi connectivity index (χ3v) is 7.44. The lowest BCUT2D eigenvalue weighted by Crippen LogP contribution is -2.26. The molecule has 2 aliphatic heterocycles. The van der Waals surface area contributed by atoms with Crippen molar-refractivity contribution in [3.63, 3.8) is 0 Å². The molecular formula is C30H27FN2O. The van der Waals surface area contributed by atoms with E-state index in [1.807, 2.05) is 36.4 Å². The number of nitrogens with zero attached hydrogens (tertiary/aromatic N) is 2. The van der Waals surface area contributed by atoms with Crippen molar-refractivity contribution < 1.29 is 9.13 Å². The number of benzene rings is 3. The predicted octanol–water partition coefficient (Wildman–Crippen LogP) is 6.34. The van der Waals surface area contributed by atoms with Crippen LogP contribution in [0, 0.1) is 18.2 Å². The van der Waals surface area contributed by atoms with Gasteiger partial charge in [0, 0.05) is 40.7 Å². The van der Waals surface area contributed by atoms with Gasteiger partial charge in [-0.25, -0.2) is 4.39 Å². The minimum absolute atomic E-state index is 0.104. The summed E-state index contributed by atoms with van der Waals surface area (Å²) in [4.78, 5) is 2.42. The van der Waals surface area contributed by atoms with E-state index in [0.717, 1.165) is 52.1 Å². The van der Waals surface area contributed by atoms with E-state index in [1.165, 1.54) is 18.4 Å². The highest BCUT2D eigenvalue weighted by Gasteiger charge is 2.32. The fourth-order valence-corrected chi connectivity index (χ4v) is 5.78. The van der Waals surface area contributed by atoms with Gasteiger partial charge in [0.05, 0.1) is 6.04 Å². The van der Waals surface area contributed by atoms with Crippen molar-refractivity contribution in [2.24, 2.45) is 0 Å². The summed E-state index contributed by atoms with van der Waals surface area (Å²) in [5.41, 5.74) is 5.48. The van der Waals surface area contributed by atoms with Crippen LogP contribution in [-0.2, 0) is 12.8 Å². The molecule has 0 N–H and O–H groups in total. The second kappa shape index (κ2) is 8.34. The summed E-state index contributed by atoms with van der Waals surface area (Å²) >= 11 is 0. The minimum atomic E-state index is -0.202. The summed E-state index contributed by atoms with van der Waals surface area (Å²) < 4.78 is 23.1.